The lowest BCUT2D eigenvalue weighted by Gasteiger charge is -2.10. The maximum absolute atomic E-state index is 6.16. The smallest absolute Gasteiger partial charge is 0.137 e. The molecule has 0 aliphatic rings. The topological polar surface area (TPSA) is 27.1 Å². The van der Waals surface area contributed by atoms with Crippen molar-refractivity contribution in [3.8, 4) is 17.0 Å². The van der Waals surface area contributed by atoms with Gasteiger partial charge in [-0.15, -0.1) is 0 Å². The first-order chi connectivity index (χ1) is 8.02. The molecule has 0 aliphatic heterocycles. The first-order valence-electron chi connectivity index (χ1n) is 5.38. The van der Waals surface area contributed by atoms with Gasteiger partial charge in [-0.3, -0.25) is 4.68 Å². The largest absolute Gasteiger partial charge is 0.495 e. The molecule has 2 rings (SSSR count). The molecule has 4 heteroatoms. The fourth-order valence-corrected chi connectivity index (χ4v) is 2.19. The van der Waals surface area contributed by atoms with E-state index in [1.807, 2.05) is 43.8 Å². The zero-order chi connectivity index (χ0) is 12.6. The molecule has 0 fully saturated rings. The molecule has 0 radical (unpaired) electrons. The molecule has 0 atom stereocenters. The van der Waals surface area contributed by atoms with Crippen LogP contribution in [0.1, 0.15) is 11.3 Å². The number of methoxy groups -OCH3 is 1. The Morgan fingerprint density at radius 1 is 1.24 bits per heavy atom. The average Bonchev–Trinajstić information content (AvgIpc) is 2.60. The van der Waals surface area contributed by atoms with Gasteiger partial charge in [-0.25, -0.2) is 0 Å². The SMILES string of the molecule is COc1cc(C)c(-c2cc(C)nn2C)cc1Cl. The minimum Gasteiger partial charge on any atom is -0.495 e. The van der Waals surface area contributed by atoms with Crippen molar-refractivity contribution in [2.75, 3.05) is 7.11 Å². The van der Waals surface area contributed by atoms with Crippen molar-refractivity contribution in [1.82, 2.24) is 9.78 Å². The summed E-state index contributed by atoms with van der Waals surface area (Å²) in [6, 6.07) is 5.91. The number of benzene rings is 1. The van der Waals surface area contributed by atoms with E-state index in [0.717, 1.165) is 22.5 Å². The first kappa shape index (κ1) is 12.0. The van der Waals surface area contributed by atoms with Crippen LogP contribution in [0.2, 0.25) is 5.02 Å². The highest BCUT2D eigenvalue weighted by Gasteiger charge is 2.11. The molecule has 0 bridgehead atoms. The molecule has 0 saturated carbocycles. The van der Waals surface area contributed by atoms with Crippen molar-refractivity contribution >= 4 is 11.6 Å². The fraction of sp³-hybridized carbons (Fsp3) is 0.308. The molecule has 1 aromatic carbocycles. The molecular weight excluding hydrogens is 236 g/mol. The summed E-state index contributed by atoms with van der Waals surface area (Å²) in [7, 11) is 3.55. The number of rotatable bonds is 2. The number of hydrogen-bond donors (Lipinski definition) is 0. The molecule has 90 valence electrons. The molecule has 1 aromatic heterocycles. The molecule has 1 heterocycles. The summed E-state index contributed by atoms with van der Waals surface area (Å²) in [5.41, 5.74) is 4.26. The van der Waals surface area contributed by atoms with E-state index in [4.69, 9.17) is 16.3 Å². The highest BCUT2D eigenvalue weighted by atomic mass is 35.5. The molecule has 0 aliphatic carbocycles. The number of nitrogens with zero attached hydrogens (tertiary/aromatic N) is 2. The molecule has 0 saturated heterocycles. The number of hydrogen-bond acceptors (Lipinski definition) is 2. The number of ether oxygens (including phenoxy) is 1. The van der Waals surface area contributed by atoms with Crippen LogP contribution in [0.5, 0.6) is 5.75 Å². The zero-order valence-electron chi connectivity index (χ0n) is 10.4. The minimum absolute atomic E-state index is 0.618. The van der Waals surface area contributed by atoms with Gasteiger partial charge in [0.2, 0.25) is 0 Å². The lowest BCUT2D eigenvalue weighted by Crippen LogP contribution is -1.96. The van der Waals surface area contributed by atoms with E-state index in [-0.39, 0.29) is 0 Å². The predicted molar refractivity (Wildman–Crippen MR) is 69.7 cm³/mol. The predicted octanol–water partition coefficient (Wildman–Crippen LogP) is 3.37. The fourth-order valence-electron chi connectivity index (χ4n) is 1.95. The molecule has 0 spiro atoms. The minimum atomic E-state index is 0.618. The molecule has 17 heavy (non-hydrogen) atoms. The van der Waals surface area contributed by atoms with Gasteiger partial charge < -0.3 is 4.74 Å². The Bertz CT molecular complexity index is 561. The third kappa shape index (κ3) is 2.15. The van der Waals surface area contributed by atoms with Gasteiger partial charge in [-0.2, -0.15) is 5.10 Å². The monoisotopic (exact) mass is 250 g/mol. The van der Waals surface area contributed by atoms with Crippen LogP contribution in [0.15, 0.2) is 18.2 Å². The third-order valence-corrected chi connectivity index (χ3v) is 3.07. The van der Waals surface area contributed by atoms with Crippen LogP contribution in [-0.2, 0) is 7.05 Å². The van der Waals surface area contributed by atoms with Gasteiger partial charge in [-0.1, -0.05) is 11.6 Å². The Hall–Kier alpha value is -1.48. The first-order valence-corrected chi connectivity index (χ1v) is 5.76. The average molecular weight is 251 g/mol. The summed E-state index contributed by atoms with van der Waals surface area (Å²) < 4.78 is 7.06. The van der Waals surface area contributed by atoms with E-state index in [2.05, 4.69) is 5.10 Å². The summed E-state index contributed by atoms with van der Waals surface area (Å²) in [5.74, 6) is 0.701. The van der Waals surface area contributed by atoms with Crippen molar-refractivity contribution in [1.29, 1.82) is 0 Å². The summed E-state index contributed by atoms with van der Waals surface area (Å²) in [5, 5.41) is 4.96. The standard InChI is InChI=1S/C13H15ClN2O/c1-8-5-13(17-4)11(14)7-10(8)12-6-9(2)15-16(12)3/h5-7H,1-4H3. The maximum atomic E-state index is 6.16. The Morgan fingerprint density at radius 3 is 2.47 bits per heavy atom. The van der Waals surface area contributed by atoms with Crippen molar-refractivity contribution in [3.05, 3.63) is 34.5 Å². The van der Waals surface area contributed by atoms with Crippen molar-refractivity contribution in [2.45, 2.75) is 13.8 Å². The highest BCUT2D eigenvalue weighted by Crippen LogP contribution is 2.33. The molecule has 0 unspecified atom stereocenters. The van der Waals surface area contributed by atoms with Crippen LogP contribution in [0.3, 0.4) is 0 Å². The zero-order valence-corrected chi connectivity index (χ0v) is 11.2. The van der Waals surface area contributed by atoms with E-state index in [1.54, 1.807) is 7.11 Å². The summed E-state index contributed by atoms with van der Waals surface area (Å²) in [4.78, 5) is 0. The molecule has 0 amide bonds. The Balaban J connectivity index is 2.60. The summed E-state index contributed by atoms with van der Waals surface area (Å²) in [6.45, 7) is 4.01. The van der Waals surface area contributed by atoms with Gasteiger partial charge in [0.05, 0.1) is 23.5 Å². The Morgan fingerprint density at radius 2 is 1.94 bits per heavy atom. The second kappa shape index (κ2) is 4.41. The van der Waals surface area contributed by atoms with Gasteiger partial charge in [-0.05, 0) is 37.6 Å². The number of aryl methyl sites for hydroxylation is 3. The summed E-state index contributed by atoms with van der Waals surface area (Å²) >= 11 is 6.16. The van der Waals surface area contributed by atoms with E-state index in [9.17, 15) is 0 Å². The van der Waals surface area contributed by atoms with Crippen LogP contribution < -0.4 is 4.74 Å². The van der Waals surface area contributed by atoms with Gasteiger partial charge in [0.15, 0.2) is 0 Å². The van der Waals surface area contributed by atoms with Crippen molar-refractivity contribution in [2.24, 2.45) is 7.05 Å². The van der Waals surface area contributed by atoms with Crippen molar-refractivity contribution in [3.63, 3.8) is 0 Å². The molecule has 2 aromatic rings. The second-order valence-electron chi connectivity index (χ2n) is 4.10. The highest BCUT2D eigenvalue weighted by molar-refractivity contribution is 6.32. The van der Waals surface area contributed by atoms with Gasteiger partial charge in [0.25, 0.3) is 0 Å². The van der Waals surface area contributed by atoms with Gasteiger partial charge in [0.1, 0.15) is 5.75 Å². The maximum Gasteiger partial charge on any atom is 0.137 e. The van der Waals surface area contributed by atoms with E-state index in [1.165, 1.54) is 0 Å². The molecule has 3 nitrogen and oxygen atoms in total. The molecule has 0 N–H and O–H groups in total. The van der Waals surface area contributed by atoms with Gasteiger partial charge in [0, 0.05) is 12.6 Å². The van der Waals surface area contributed by atoms with Crippen LogP contribution >= 0.6 is 11.6 Å². The Labute approximate surface area is 106 Å². The van der Waals surface area contributed by atoms with Crippen LogP contribution in [0.25, 0.3) is 11.3 Å². The number of halogens is 1. The van der Waals surface area contributed by atoms with E-state index >= 15 is 0 Å². The van der Waals surface area contributed by atoms with Crippen LogP contribution in [0.4, 0.5) is 0 Å². The lowest BCUT2D eigenvalue weighted by molar-refractivity contribution is 0.415. The lowest BCUT2D eigenvalue weighted by atomic mass is 10.0. The van der Waals surface area contributed by atoms with E-state index < -0.39 is 0 Å². The third-order valence-electron chi connectivity index (χ3n) is 2.78. The normalized spacial score (nSPS) is 10.6. The van der Waals surface area contributed by atoms with E-state index in [0.29, 0.717) is 10.8 Å². The van der Waals surface area contributed by atoms with Crippen LogP contribution in [-0.4, -0.2) is 16.9 Å². The van der Waals surface area contributed by atoms with Crippen molar-refractivity contribution < 1.29 is 4.74 Å². The number of aromatic nitrogens is 2. The second-order valence-corrected chi connectivity index (χ2v) is 4.50. The van der Waals surface area contributed by atoms with Gasteiger partial charge >= 0.3 is 0 Å². The summed E-state index contributed by atoms with van der Waals surface area (Å²) in [6.07, 6.45) is 0. The Kier molecular flexibility index (Phi) is 3.11. The molecular formula is C13H15ClN2O. The van der Waals surface area contributed by atoms with Crippen LogP contribution in [0, 0.1) is 13.8 Å². The quantitative estimate of drug-likeness (QED) is 0.817.